The molecular weight excluding hydrogens is 1060 g/mol. The number of para-hydroxylation sites is 2. The van der Waals surface area contributed by atoms with Crippen LogP contribution in [0.25, 0.3) is 10.8 Å². The number of fused-ring (bicyclic) bond motifs is 2. The number of sulfonamides is 1. The summed E-state index contributed by atoms with van der Waals surface area (Å²) < 4.78 is 169. The van der Waals surface area contributed by atoms with Crippen molar-refractivity contribution in [3.05, 3.63) is 184 Å². The molecule has 0 aromatic heterocycles. The molecule has 0 aliphatic heterocycles. The Kier molecular flexibility index (Phi) is 14.0. The summed E-state index contributed by atoms with van der Waals surface area (Å²) >= 11 is 0. The highest BCUT2D eigenvalue weighted by Crippen LogP contribution is 2.51. The molecular formula is C44H42N8O16S5. The number of hydrogen-bond donors (Lipinski definition) is 12. The molecule has 0 radical (unpaired) electrons. The molecule has 0 saturated heterocycles. The summed E-state index contributed by atoms with van der Waals surface area (Å²) in [6, 6.07) is 34.5. The van der Waals surface area contributed by atoms with Gasteiger partial charge in [0, 0.05) is 45.1 Å². The van der Waals surface area contributed by atoms with E-state index in [2.05, 4.69) is 10.1 Å². The number of nitrogen functional groups attached to an aromatic ring is 3. The van der Waals surface area contributed by atoms with Gasteiger partial charge in [-0.15, -0.1) is 0 Å². The lowest BCUT2D eigenvalue weighted by atomic mass is 9.83. The standard InChI is InChI=1S/C32H30N6O14S4.C12H12N2O2S/c33-23-15-24(29(34)20-12-7-13-25(39)28(20)23)36-38(37(18-8-3-1-4-9-18)19-10-5-2-6-11-19)32(35)22-16-31(55(47,48)49,56(50,51)52)17-26(40)21(22)14-27(53(41,42)43)30(32)54(44,45)46;13-10-6-8-11(9-7-10)14-17(15,16)12-4-2-1-3-5-12/h1-17,36,39-40H,33-35H2,(H,41,42,43)(H,44,45,46)(H,47,48,49)(H,50,51,52);1-9,14H,13H2. The van der Waals surface area contributed by atoms with E-state index >= 15 is 0 Å². The van der Waals surface area contributed by atoms with Crippen molar-refractivity contribution in [2.24, 2.45) is 5.73 Å². The molecule has 0 heterocycles. The van der Waals surface area contributed by atoms with Crippen molar-refractivity contribution in [3.8, 4) is 5.75 Å². The Balaban J connectivity index is 0.000000386. The average molecular weight is 1100 g/mol. The number of benzene rings is 6. The van der Waals surface area contributed by atoms with Gasteiger partial charge < -0.3 is 33.1 Å². The van der Waals surface area contributed by atoms with Crippen molar-refractivity contribution in [1.29, 1.82) is 0 Å². The quantitative estimate of drug-likeness (QED) is 0.0325. The van der Waals surface area contributed by atoms with Crippen molar-refractivity contribution >= 4 is 101 Å². The first-order chi connectivity index (χ1) is 33.9. The molecule has 2 aliphatic rings. The molecule has 24 nitrogen and oxygen atoms in total. The van der Waals surface area contributed by atoms with Gasteiger partial charge >= 0.3 is 0 Å². The minimum absolute atomic E-state index is 0.00579. The molecule has 384 valence electrons. The minimum Gasteiger partial charge on any atom is -0.508 e. The molecule has 73 heavy (non-hydrogen) atoms. The van der Waals surface area contributed by atoms with E-state index in [1.165, 1.54) is 66.7 Å². The van der Waals surface area contributed by atoms with Crippen molar-refractivity contribution in [1.82, 2.24) is 5.12 Å². The van der Waals surface area contributed by atoms with Gasteiger partial charge in [0.05, 0.1) is 27.6 Å². The lowest BCUT2D eigenvalue weighted by molar-refractivity contribution is 0.198. The first kappa shape index (κ1) is 53.3. The summed E-state index contributed by atoms with van der Waals surface area (Å²) in [7, 11) is -27.8. The van der Waals surface area contributed by atoms with E-state index in [-0.39, 0.29) is 68.1 Å². The van der Waals surface area contributed by atoms with Gasteiger partial charge in [0.25, 0.3) is 54.6 Å². The summed E-state index contributed by atoms with van der Waals surface area (Å²) in [5.41, 5.74) is 22.6. The third kappa shape index (κ3) is 10.1. The van der Waals surface area contributed by atoms with Gasteiger partial charge in [-0.3, -0.25) is 33.4 Å². The highest BCUT2D eigenvalue weighted by Gasteiger charge is 2.62. The number of hydrogen-bond acceptors (Lipinski definition) is 19. The highest BCUT2D eigenvalue weighted by molar-refractivity contribution is 8.05. The summed E-state index contributed by atoms with van der Waals surface area (Å²) in [5, 5.41) is 23.5. The number of nitrogens with two attached hydrogens (primary N) is 4. The van der Waals surface area contributed by atoms with Crippen LogP contribution in [-0.2, 0) is 50.5 Å². The van der Waals surface area contributed by atoms with Gasteiger partial charge in [0.1, 0.15) is 21.3 Å². The Morgan fingerprint density at radius 1 is 0.589 bits per heavy atom. The van der Waals surface area contributed by atoms with Crippen molar-refractivity contribution in [3.63, 3.8) is 0 Å². The van der Waals surface area contributed by atoms with Crippen LogP contribution in [0.3, 0.4) is 0 Å². The summed E-state index contributed by atoms with van der Waals surface area (Å²) in [6.45, 7) is 0. The number of nitrogens with one attached hydrogen (secondary N) is 2. The Morgan fingerprint density at radius 2 is 1.11 bits per heavy atom. The number of phenols is 1. The largest absolute Gasteiger partial charge is 0.508 e. The number of rotatable bonds is 13. The Bertz CT molecular complexity index is 3810. The Labute approximate surface area is 417 Å². The molecule has 2 aliphatic carbocycles. The molecule has 1 atom stereocenters. The summed E-state index contributed by atoms with van der Waals surface area (Å²) in [5.74, 6) is -1.86. The van der Waals surface area contributed by atoms with Gasteiger partial charge in [-0.1, -0.05) is 71.8 Å². The van der Waals surface area contributed by atoms with Crippen LogP contribution in [0.2, 0.25) is 0 Å². The second-order valence-electron chi connectivity index (χ2n) is 15.8. The van der Waals surface area contributed by atoms with Crippen LogP contribution in [0.15, 0.2) is 189 Å². The Hall–Kier alpha value is -7.55. The second-order valence-corrected chi connectivity index (χ2v) is 23.7. The number of anilines is 7. The number of aromatic hydroxyl groups is 1. The van der Waals surface area contributed by atoms with E-state index in [9.17, 15) is 70.5 Å². The highest BCUT2D eigenvalue weighted by atomic mass is 32.3. The first-order valence-electron chi connectivity index (χ1n) is 20.4. The topological polar surface area (TPSA) is 427 Å². The van der Waals surface area contributed by atoms with Crippen molar-refractivity contribution < 1.29 is 70.5 Å². The van der Waals surface area contributed by atoms with E-state index in [0.29, 0.717) is 16.5 Å². The van der Waals surface area contributed by atoms with Crippen LogP contribution in [0.1, 0.15) is 0 Å². The maximum atomic E-state index is 13.6. The molecule has 6 aromatic carbocycles. The molecule has 8 rings (SSSR count). The zero-order chi connectivity index (χ0) is 53.7. The van der Waals surface area contributed by atoms with E-state index in [0.717, 1.165) is 11.1 Å². The monoisotopic (exact) mass is 1100 g/mol. The fourth-order valence-electron chi connectivity index (χ4n) is 7.76. The van der Waals surface area contributed by atoms with Crippen LogP contribution >= 0.6 is 0 Å². The average Bonchev–Trinajstić information content (AvgIpc) is 3.31. The molecule has 0 bridgehead atoms. The summed E-state index contributed by atoms with van der Waals surface area (Å²) in [6.07, 6.45) is 0.0951. The number of aliphatic hydroxyl groups excluding tert-OH is 1. The van der Waals surface area contributed by atoms with Gasteiger partial charge in [-0.2, -0.15) is 33.7 Å². The zero-order valence-electron chi connectivity index (χ0n) is 37.0. The van der Waals surface area contributed by atoms with Gasteiger partial charge in [0.2, 0.25) is 0 Å². The van der Waals surface area contributed by atoms with Crippen molar-refractivity contribution in [2.45, 2.75) is 14.6 Å². The molecule has 0 fully saturated rings. The molecule has 0 spiro atoms. The number of hydrazine groups is 2. The van der Waals surface area contributed by atoms with Crippen LogP contribution in [0.5, 0.6) is 5.75 Å². The number of allylic oxidation sites excluding steroid dienone is 2. The SMILES string of the molecule is Nc1c(NN(N(c2ccccc2)c2ccccc2)C2(N)C3=CC(S(=O)(=O)O)(S(=O)(=O)O)C=C(O)C3=CC(S(=O)(=O)O)=C2S(=O)(=O)O)cc(N)c2c(O)cccc12.Nc1ccc(NS(=O)(=O)c2ccccc2)cc1. The van der Waals surface area contributed by atoms with E-state index < -0.39 is 87.0 Å². The molecule has 16 N–H and O–H groups in total. The van der Waals surface area contributed by atoms with Gasteiger partial charge in [-0.05, 0) is 84.9 Å². The third-order valence-electron chi connectivity index (χ3n) is 11.0. The lowest BCUT2D eigenvalue weighted by Crippen LogP contribution is -2.68. The fraction of sp³-hybridized carbons (Fsp3) is 0.0455. The minimum atomic E-state index is -6.17. The van der Waals surface area contributed by atoms with Gasteiger partial charge in [0.15, 0.2) is 5.66 Å². The maximum Gasteiger partial charge on any atom is 0.295 e. The zero-order valence-corrected chi connectivity index (χ0v) is 41.1. The first-order valence-corrected chi connectivity index (χ1v) is 27.7. The lowest BCUT2D eigenvalue weighted by Gasteiger charge is -2.51. The molecule has 0 amide bonds. The van der Waals surface area contributed by atoms with Crippen LogP contribution in [0, 0.1) is 0 Å². The van der Waals surface area contributed by atoms with E-state index in [4.69, 9.17) is 22.9 Å². The van der Waals surface area contributed by atoms with E-state index in [1.807, 2.05) is 0 Å². The predicted molar refractivity (Wildman–Crippen MR) is 273 cm³/mol. The molecule has 0 saturated carbocycles. The maximum absolute atomic E-state index is 13.6. The van der Waals surface area contributed by atoms with Crippen LogP contribution < -0.4 is 38.1 Å². The normalized spacial score (nSPS) is 17.0. The van der Waals surface area contributed by atoms with Gasteiger partial charge in [-0.25, -0.2) is 8.42 Å². The van der Waals surface area contributed by atoms with Crippen LogP contribution in [-0.4, -0.2) is 85.4 Å². The smallest absolute Gasteiger partial charge is 0.295 e. The summed E-state index contributed by atoms with van der Waals surface area (Å²) in [4.78, 5) is -3.38. The van der Waals surface area contributed by atoms with E-state index in [1.54, 1.807) is 66.7 Å². The third-order valence-corrected chi connectivity index (χ3v) is 17.8. The number of aliphatic hydroxyl groups is 1. The predicted octanol–water partition coefficient (Wildman–Crippen LogP) is 4.60. The number of phenolic OH excluding ortho intramolecular Hbond substituents is 1. The molecule has 6 aromatic rings. The Morgan fingerprint density at radius 3 is 1.60 bits per heavy atom. The fourth-order valence-corrected chi connectivity index (χ4v) is 13.2. The van der Waals surface area contributed by atoms with Crippen molar-refractivity contribution in [2.75, 3.05) is 32.4 Å². The number of nitrogens with zero attached hydrogens (tertiary/aromatic N) is 2. The second kappa shape index (κ2) is 19.1. The molecule has 29 heteroatoms. The van der Waals surface area contributed by atoms with Crippen LogP contribution in [0.4, 0.5) is 39.8 Å². The molecule has 1 unspecified atom stereocenters.